The molecule has 0 saturated carbocycles. The number of ether oxygens (including phenoxy) is 1. The largest absolute Gasteiger partial charge is 0.488 e. The van der Waals surface area contributed by atoms with Gasteiger partial charge in [0.1, 0.15) is 11.4 Å². The van der Waals surface area contributed by atoms with E-state index < -0.39 is 0 Å². The van der Waals surface area contributed by atoms with Crippen LogP contribution in [0, 0.1) is 0 Å². The van der Waals surface area contributed by atoms with Crippen molar-refractivity contribution in [1.82, 2.24) is 0 Å². The van der Waals surface area contributed by atoms with Crippen LogP contribution < -0.4 is 10.5 Å². The van der Waals surface area contributed by atoms with Crippen LogP contribution in [0.25, 0.3) is 0 Å². The Labute approximate surface area is 86.1 Å². The molecular formula is C12H19NO. The molecule has 2 N–H and O–H groups in total. The highest BCUT2D eigenvalue weighted by atomic mass is 16.5. The quantitative estimate of drug-likeness (QED) is 0.783. The van der Waals surface area contributed by atoms with Crippen LogP contribution in [0.15, 0.2) is 24.3 Å². The van der Waals surface area contributed by atoms with E-state index in [0.29, 0.717) is 0 Å². The van der Waals surface area contributed by atoms with Crippen molar-refractivity contribution in [2.75, 3.05) is 0 Å². The minimum Gasteiger partial charge on any atom is -0.488 e. The Morgan fingerprint density at radius 1 is 1.29 bits per heavy atom. The van der Waals surface area contributed by atoms with Crippen molar-refractivity contribution in [3.05, 3.63) is 29.8 Å². The van der Waals surface area contributed by atoms with Gasteiger partial charge in [0.25, 0.3) is 0 Å². The van der Waals surface area contributed by atoms with E-state index in [-0.39, 0.29) is 11.6 Å². The van der Waals surface area contributed by atoms with E-state index in [2.05, 4.69) is 0 Å². The molecule has 0 aliphatic carbocycles. The predicted octanol–water partition coefficient (Wildman–Crippen LogP) is 2.88. The molecule has 0 heterocycles. The van der Waals surface area contributed by atoms with Crippen molar-refractivity contribution >= 4 is 0 Å². The first-order valence-electron chi connectivity index (χ1n) is 4.93. The molecule has 0 unspecified atom stereocenters. The van der Waals surface area contributed by atoms with Gasteiger partial charge in [0.05, 0.1) is 0 Å². The van der Waals surface area contributed by atoms with Crippen molar-refractivity contribution in [2.24, 2.45) is 5.73 Å². The minimum atomic E-state index is -0.156. The zero-order chi connectivity index (χ0) is 10.8. The molecule has 0 aliphatic heterocycles. The normalized spacial score (nSPS) is 13.8. The van der Waals surface area contributed by atoms with Gasteiger partial charge in [0.15, 0.2) is 0 Å². The van der Waals surface area contributed by atoms with Gasteiger partial charge in [-0.2, -0.15) is 0 Å². The fourth-order valence-electron chi connectivity index (χ4n) is 1.21. The van der Waals surface area contributed by atoms with E-state index in [0.717, 1.165) is 11.3 Å². The number of hydrogen-bond acceptors (Lipinski definition) is 2. The summed E-state index contributed by atoms with van der Waals surface area (Å²) >= 11 is 0. The van der Waals surface area contributed by atoms with Gasteiger partial charge < -0.3 is 10.5 Å². The highest BCUT2D eigenvalue weighted by Crippen LogP contribution is 2.21. The zero-order valence-corrected chi connectivity index (χ0v) is 9.37. The van der Waals surface area contributed by atoms with Gasteiger partial charge in [-0.3, -0.25) is 0 Å². The Kier molecular flexibility index (Phi) is 3.17. The lowest BCUT2D eigenvalue weighted by Crippen LogP contribution is -2.23. The van der Waals surface area contributed by atoms with E-state index >= 15 is 0 Å². The van der Waals surface area contributed by atoms with Gasteiger partial charge in [-0.15, -0.1) is 0 Å². The van der Waals surface area contributed by atoms with Gasteiger partial charge in [-0.1, -0.05) is 12.1 Å². The Hall–Kier alpha value is -1.02. The van der Waals surface area contributed by atoms with Crippen molar-refractivity contribution < 1.29 is 4.74 Å². The van der Waals surface area contributed by atoms with Crippen LogP contribution in [0.3, 0.4) is 0 Å². The first-order valence-corrected chi connectivity index (χ1v) is 4.93. The number of hydrogen-bond donors (Lipinski definition) is 1. The Morgan fingerprint density at radius 3 is 2.43 bits per heavy atom. The van der Waals surface area contributed by atoms with Gasteiger partial charge in [-0.25, -0.2) is 0 Å². The van der Waals surface area contributed by atoms with E-state index in [4.69, 9.17) is 10.5 Å². The summed E-state index contributed by atoms with van der Waals surface area (Å²) in [5.74, 6) is 0.882. The first kappa shape index (κ1) is 11.1. The minimum absolute atomic E-state index is 0.0542. The molecule has 0 saturated heterocycles. The van der Waals surface area contributed by atoms with Crippen LogP contribution in [-0.4, -0.2) is 5.60 Å². The molecule has 1 aromatic rings. The van der Waals surface area contributed by atoms with Crippen molar-refractivity contribution in [3.63, 3.8) is 0 Å². The number of rotatable bonds is 2. The van der Waals surface area contributed by atoms with Crippen LogP contribution >= 0.6 is 0 Å². The van der Waals surface area contributed by atoms with E-state index in [1.165, 1.54) is 0 Å². The Morgan fingerprint density at radius 2 is 1.93 bits per heavy atom. The average molecular weight is 193 g/mol. The molecule has 0 radical (unpaired) electrons. The SMILES string of the molecule is C[C@@H](N)c1cccc(OC(C)(C)C)c1. The van der Waals surface area contributed by atoms with Crippen molar-refractivity contribution in [2.45, 2.75) is 39.3 Å². The highest BCUT2D eigenvalue weighted by Gasteiger charge is 2.12. The topological polar surface area (TPSA) is 35.2 Å². The maximum absolute atomic E-state index is 5.79. The van der Waals surface area contributed by atoms with Crippen LogP contribution in [0.4, 0.5) is 0 Å². The molecule has 0 spiro atoms. The summed E-state index contributed by atoms with van der Waals surface area (Å²) in [6.45, 7) is 8.07. The summed E-state index contributed by atoms with van der Waals surface area (Å²) in [5.41, 5.74) is 6.74. The second-order valence-electron chi connectivity index (χ2n) is 4.58. The van der Waals surface area contributed by atoms with Crippen LogP contribution in [0.2, 0.25) is 0 Å². The van der Waals surface area contributed by atoms with Crippen molar-refractivity contribution in [3.8, 4) is 5.75 Å². The Balaban J connectivity index is 2.84. The molecule has 78 valence electrons. The fourth-order valence-corrected chi connectivity index (χ4v) is 1.21. The van der Waals surface area contributed by atoms with E-state index in [1.807, 2.05) is 52.0 Å². The Bertz CT molecular complexity index is 299. The summed E-state index contributed by atoms with van der Waals surface area (Å²) in [6.07, 6.45) is 0. The average Bonchev–Trinajstić information content (AvgIpc) is 2.01. The molecule has 1 atom stereocenters. The standard InChI is InChI=1S/C12H19NO/c1-9(13)10-6-5-7-11(8-10)14-12(2,3)4/h5-9H,13H2,1-4H3/t9-/m1/s1. The van der Waals surface area contributed by atoms with Crippen molar-refractivity contribution in [1.29, 1.82) is 0 Å². The smallest absolute Gasteiger partial charge is 0.120 e. The van der Waals surface area contributed by atoms with Crippen LogP contribution in [0.1, 0.15) is 39.3 Å². The lowest BCUT2D eigenvalue weighted by Gasteiger charge is -2.21. The monoisotopic (exact) mass is 193 g/mol. The lowest BCUT2D eigenvalue weighted by molar-refractivity contribution is 0.131. The maximum atomic E-state index is 5.79. The van der Waals surface area contributed by atoms with E-state index in [1.54, 1.807) is 0 Å². The molecule has 14 heavy (non-hydrogen) atoms. The summed E-state index contributed by atoms with van der Waals surface area (Å²) in [7, 11) is 0. The van der Waals surface area contributed by atoms with Gasteiger partial charge in [0.2, 0.25) is 0 Å². The van der Waals surface area contributed by atoms with Crippen LogP contribution in [0.5, 0.6) is 5.75 Å². The lowest BCUT2D eigenvalue weighted by atomic mass is 10.1. The third kappa shape index (κ3) is 3.38. The molecule has 2 heteroatoms. The number of nitrogens with two attached hydrogens (primary N) is 1. The fraction of sp³-hybridized carbons (Fsp3) is 0.500. The summed E-state index contributed by atoms with van der Waals surface area (Å²) in [5, 5.41) is 0. The van der Waals surface area contributed by atoms with Crippen LogP contribution in [-0.2, 0) is 0 Å². The molecule has 0 aliphatic rings. The third-order valence-corrected chi connectivity index (χ3v) is 1.81. The van der Waals surface area contributed by atoms with Gasteiger partial charge >= 0.3 is 0 Å². The third-order valence-electron chi connectivity index (χ3n) is 1.81. The molecule has 0 amide bonds. The zero-order valence-electron chi connectivity index (χ0n) is 9.37. The summed E-state index contributed by atoms with van der Waals surface area (Å²) in [4.78, 5) is 0. The molecule has 0 bridgehead atoms. The van der Waals surface area contributed by atoms with Gasteiger partial charge in [0, 0.05) is 6.04 Å². The first-order chi connectivity index (χ1) is 6.38. The number of benzene rings is 1. The maximum Gasteiger partial charge on any atom is 0.120 e. The molecule has 2 nitrogen and oxygen atoms in total. The van der Waals surface area contributed by atoms with Gasteiger partial charge in [-0.05, 0) is 45.4 Å². The highest BCUT2D eigenvalue weighted by molar-refractivity contribution is 5.30. The second-order valence-corrected chi connectivity index (χ2v) is 4.58. The predicted molar refractivity (Wildman–Crippen MR) is 59.4 cm³/mol. The summed E-state index contributed by atoms with van der Waals surface area (Å²) < 4.78 is 5.74. The summed E-state index contributed by atoms with van der Waals surface area (Å²) in [6, 6.07) is 7.99. The molecule has 0 aromatic heterocycles. The molecular weight excluding hydrogens is 174 g/mol. The molecule has 0 fully saturated rings. The molecule has 1 rings (SSSR count). The molecule has 1 aromatic carbocycles. The van der Waals surface area contributed by atoms with E-state index in [9.17, 15) is 0 Å². The second kappa shape index (κ2) is 4.01.